The number of aromatic nitrogens is 1. The molecule has 1 aromatic heterocycles. The number of fused-ring (bicyclic) bond motifs is 1. The monoisotopic (exact) mass is 259 g/mol. The van der Waals surface area contributed by atoms with Gasteiger partial charge in [-0.25, -0.2) is 4.98 Å². The number of nitrogens with zero attached hydrogens (tertiary/aromatic N) is 1. The predicted octanol–water partition coefficient (Wildman–Crippen LogP) is 4.59. The average Bonchev–Trinajstić information content (AvgIpc) is 2.20. The number of pyridine rings is 1. The van der Waals surface area contributed by atoms with E-state index in [-0.39, 0.29) is 0 Å². The SMILES string of the molecule is Cc1cc2nc(Cl)c(CCl)cc2cc1Cl. The van der Waals surface area contributed by atoms with Gasteiger partial charge in [-0.2, -0.15) is 0 Å². The third-order valence-corrected chi connectivity index (χ3v) is 3.29. The lowest BCUT2D eigenvalue weighted by atomic mass is 10.1. The second-order valence-corrected chi connectivity index (χ2v) is 4.40. The summed E-state index contributed by atoms with van der Waals surface area (Å²) in [7, 11) is 0. The highest BCUT2D eigenvalue weighted by molar-refractivity contribution is 6.33. The van der Waals surface area contributed by atoms with Gasteiger partial charge in [0.05, 0.1) is 11.4 Å². The van der Waals surface area contributed by atoms with Crippen LogP contribution in [0.15, 0.2) is 18.2 Å². The summed E-state index contributed by atoms with van der Waals surface area (Å²) in [5, 5.41) is 2.15. The van der Waals surface area contributed by atoms with Crippen LogP contribution in [-0.2, 0) is 5.88 Å². The van der Waals surface area contributed by atoms with Crippen LogP contribution in [0, 0.1) is 6.92 Å². The number of hydrogen-bond donors (Lipinski definition) is 0. The molecule has 0 spiro atoms. The molecule has 0 aliphatic heterocycles. The van der Waals surface area contributed by atoms with Crippen LogP contribution in [0.2, 0.25) is 10.2 Å². The van der Waals surface area contributed by atoms with Gasteiger partial charge in [0.2, 0.25) is 0 Å². The van der Waals surface area contributed by atoms with Crippen LogP contribution in [0.25, 0.3) is 10.9 Å². The van der Waals surface area contributed by atoms with E-state index in [1.165, 1.54) is 0 Å². The number of alkyl halides is 1. The van der Waals surface area contributed by atoms with Crippen molar-refractivity contribution in [2.45, 2.75) is 12.8 Å². The normalized spacial score (nSPS) is 10.9. The molecule has 4 heteroatoms. The Morgan fingerprint density at radius 1 is 1.20 bits per heavy atom. The molecule has 0 saturated heterocycles. The Morgan fingerprint density at radius 3 is 2.60 bits per heavy atom. The van der Waals surface area contributed by atoms with Crippen LogP contribution in [-0.4, -0.2) is 4.98 Å². The summed E-state index contributed by atoms with van der Waals surface area (Å²) in [6.45, 7) is 1.94. The summed E-state index contributed by atoms with van der Waals surface area (Å²) in [6, 6.07) is 5.72. The van der Waals surface area contributed by atoms with Gasteiger partial charge >= 0.3 is 0 Å². The Balaban J connectivity index is 2.76. The second kappa shape index (κ2) is 4.17. The summed E-state index contributed by atoms with van der Waals surface area (Å²) < 4.78 is 0. The van der Waals surface area contributed by atoms with Crippen molar-refractivity contribution in [2.24, 2.45) is 0 Å². The number of benzene rings is 1. The second-order valence-electron chi connectivity index (χ2n) is 3.37. The number of hydrogen-bond acceptors (Lipinski definition) is 1. The van der Waals surface area contributed by atoms with Gasteiger partial charge in [0.25, 0.3) is 0 Å². The van der Waals surface area contributed by atoms with Gasteiger partial charge in [0.1, 0.15) is 5.15 Å². The van der Waals surface area contributed by atoms with E-state index >= 15 is 0 Å². The highest BCUT2D eigenvalue weighted by atomic mass is 35.5. The van der Waals surface area contributed by atoms with E-state index in [4.69, 9.17) is 34.8 Å². The molecule has 78 valence electrons. The first-order valence-electron chi connectivity index (χ1n) is 4.43. The molecular formula is C11H8Cl3N. The van der Waals surface area contributed by atoms with E-state index < -0.39 is 0 Å². The first-order valence-corrected chi connectivity index (χ1v) is 5.72. The fourth-order valence-corrected chi connectivity index (χ4v) is 2.07. The first kappa shape index (κ1) is 11.0. The molecule has 2 aromatic rings. The first-order chi connectivity index (χ1) is 7.11. The maximum Gasteiger partial charge on any atom is 0.134 e. The minimum atomic E-state index is 0.354. The summed E-state index contributed by atoms with van der Waals surface area (Å²) in [4.78, 5) is 4.27. The molecule has 1 aromatic carbocycles. The van der Waals surface area contributed by atoms with Crippen molar-refractivity contribution in [3.8, 4) is 0 Å². The third-order valence-electron chi connectivity index (χ3n) is 2.27. The maximum absolute atomic E-state index is 6.03. The summed E-state index contributed by atoms with van der Waals surface area (Å²) in [5.74, 6) is 0.354. The lowest BCUT2D eigenvalue weighted by Gasteiger charge is -2.05. The molecule has 0 saturated carbocycles. The molecule has 0 unspecified atom stereocenters. The van der Waals surface area contributed by atoms with Crippen LogP contribution in [0.1, 0.15) is 11.1 Å². The zero-order valence-electron chi connectivity index (χ0n) is 8.02. The summed E-state index contributed by atoms with van der Waals surface area (Å²) in [5.41, 5.74) is 2.66. The quantitative estimate of drug-likeness (QED) is 0.540. The van der Waals surface area contributed by atoms with Crippen molar-refractivity contribution < 1.29 is 0 Å². The van der Waals surface area contributed by atoms with Crippen LogP contribution in [0.5, 0.6) is 0 Å². The molecule has 0 amide bonds. The van der Waals surface area contributed by atoms with Crippen molar-refractivity contribution in [1.82, 2.24) is 4.98 Å². The van der Waals surface area contributed by atoms with Gasteiger partial charge in [-0.1, -0.05) is 23.2 Å². The molecule has 0 aliphatic carbocycles. The van der Waals surface area contributed by atoms with E-state index in [2.05, 4.69) is 4.98 Å². The Labute approximate surface area is 103 Å². The molecule has 0 fully saturated rings. The lowest BCUT2D eigenvalue weighted by molar-refractivity contribution is 1.29. The Kier molecular flexibility index (Phi) is 3.06. The van der Waals surface area contributed by atoms with Gasteiger partial charge in [0.15, 0.2) is 0 Å². The predicted molar refractivity (Wildman–Crippen MR) is 66.1 cm³/mol. The molecule has 0 aliphatic rings. The van der Waals surface area contributed by atoms with E-state index in [1.54, 1.807) is 0 Å². The maximum atomic E-state index is 6.03. The van der Waals surface area contributed by atoms with Crippen LogP contribution in [0.3, 0.4) is 0 Å². The van der Waals surface area contributed by atoms with E-state index in [9.17, 15) is 0 Å². The van der Waals surface area contributed by atoms with Gasteiger partial charge < -0.3 is 0 Å². The summed E-state index contributed by atoms with van der Waals surface area (Å²) >= 11 is 17.7. The van der Waals surface area contributed by atoms with Gasteiger partial charge in [-0.3, -0.25) is 0 Å². The molecule has 1 nitrogen and oxygen atoms in total. The molecule has 15 heavy (non-hydrogen) atoms. The van der Waals surface area contributed by atoms with E-state index in [1.807, 2.05) is 25.1 Å². The summed E-state index contributed by atoms with van der Waals surface area (Å²) in [6.07, 6.45) is 0. The zero-order chi connectivity index (χ0) is 11.0. The highest BCUT2D eigenvalue weighted by Crippen LogP contribution is 2.26. The fourth-order valence-electron chi connectivity index (χ4n) is 1.41. The minimum Gasteiger partial charge on any atom is -0.236 e. The molecular weight excluding hydrogens is 252 g/mol. The Morgan fingerprint density at radius 2 is 1.93 bits per heavy atom. The van der Waals surface area contributed by atoms with Crippen LogP contribution >= 0.6 is 34.8 Å². The Hall–Kier alpha value is -0.500. The Bertz CT molecular complexity index is 523. The van der Waals surface area contributed by atoms with Crippen molar-refractivity contribution in [3.63, 3.8) is 0 Å². The van der Waals surface area contributed by atoms with Crippen molar-refractivity contribution in [3.05, 3.63) is 39.5 Å². The topological polar surface area (TPSA) is 12.9 Å². The van der Waals surface area contributed by atoms with Crippen LogP contribution < -0.4 is 0 Å². The van der Waals surface area contributed by atoms with Gasteiger partial charge in [0, 0.05) is 16.0 Å². The van der Waals surface area contributed by atoms with Crippen molar-refractivity contribution in [2.75, 3.05) is 0 Å². The van der Waals surface area contributed by atoms with Crippen LogP contribution in [0.4, 0.5) is 0 Å². The zero-order valence-corrected chi connectivity index (χ0v) is 10.3. The number of halogens is 3. The number of aryl methyl sites for hydroxylation is 1. The van der Waals surface area contributed by atoms with Gasteiger partial charge in [-0.15, -0.1) is 11.6 Å². The molecule has 0 bridgehead atoms. The standard InChI is InChI=1S/C11H8Cl3N/c1-6-2-10-7(4-9(6)13)3-8(5-12)11(14)15-10/h2-4H,5H2,1H3. The van der Waals surface area contributed by atoms with Crippen molar-refractivity contribution in [1.29, 1.82) is 0 Å². The molecule has 0 atom stereocenters. The smallest absolute Gasteiger partial charge is 0.134 e. The molecule has 0 N–H and O–H groups in total. The largest absolute Gasteiger partial charge is 0.236 e. The van der Waals surface area contributed by atoms with Crippen molar-refractivity contribution >= 4 is 45.7 Å². The fraction of sp³-hybridized carbons (Fsp3) is 0.182. The molecule has 1 heterocycles. The van der Waals surface area contributed by atoms with E-state index in [0.717, 1.165) is 27.1 Å². The lowest BCUT2D eigenvalue weighted by Crippen LogP contribution is -1.88. The molecule has 0 radical (unpaired) electrons. The third kappa shape index (κ3) is 2.05. The average molecular weight is 261 g/mol. The number of rotatable bonds is 1. The van der Waals surface area contributed by atoms with Gasteiger partial charge in [-0.05, 0) is 30.7 Å². The van der Waals surface area contributed by atoms with E-state index in [0.29, 0.717) is 11.0 Å². The molecule has 2 rings (SSSR count). The minimum absolute atomic E-state index is 0.354. The highest BCUT2D eigenvalue weighted by Gasteiger charge is 2.06.